The van der Waals surface area contributed by atoms with Gasteiger partial charge in [-0.15, -0.1) is 11.3 Å². The molecular weight excluding hydrogens is 244 g/mol. The van der Waals surface area contributed by atoms with Crippen molar-refractivity contribution >= 4 is 28.1 Å². The Labute approximate surface area is 103 Å². The summed E-state index contributed by atoms with van der Waals surface area (Å²) in [6.45, 7) is 1.95. The first-order chi connectivity index (χ1) is 7.61. The lowest BCUT2D eigenvalue weighted by Crippen LogP contribution is -1.92. The molecule has 2 rings (SSSR count). The Bertz CT molecular complexity index is 525. The van der Waals surface area contributed by atoms with E-state index in [4.69, 9.17) is 22.1 Å². The van der Waals surface area contributed by atoms with Crippen LogP contribution in [0.1, 0.15) is 5.56 Å². The summed E-state index contributed by atoms with van der Waals surface area (Å²) >= 11 is 7.42. The molecule has 0 aliphatic heterocycles. The van der Waals surface area contributed by atoms with Gasteiger partial charge in [0.05, 0.1) is 12.8 Å². The van der Waals surface area contributed by atoms with Crippen molar-refractivity contribution in [2.75, 3.05) is 12.8 Å². The molecule has 0 fully saturated rings. The molecule has 0 spiro atoms. The highest BCUT2D eigenvalue weighted by Gasteiger charge is 2.12. The molecule has 84 valence electrons. The molecule has 16 heavy (non-hydrogen) atoms. The second kappa shape index (κ2) is 4.31. The topological polar surface area (TPSA) is 48.1 Å². The zero-order valence-corrected chi connectivity index (χ0v) is 10.5. The van der Waals surface area contributed by atoms with Crippen LogP contribution in [-0.4, -0.2) is 12.1 Å². The molecule has 0 saturated heterocycles. The highest BCUT2D eigenvalue weighted by molar-refractivity contribution is 7.13. The quantitative estimate of drug-likeness (QED) is 0.894. The number of hydrogen-bond donors (Lipinski definition) is 1. The molecule has 0 bridgehead atoms. The second-order valence-electron chi connectivity index (χ2n) is 3.37. The molecule has 0 amide bonds. The molecule has 0 saturated carbocycles. The average molecular weight is 255 g/mol. The number of anilines is 1. The van der Waals surface area contributed by atoms with Gasteiger partial charge in [-0.1, -0.05) is 11.6 Å². The van der Waals surface area contributed by atoms with Crippen LogP contribution < -0.4 is 10.5 Å². The molecular formula is C11H11ClN2OS. The monoisotopic (exact) mass is 254 g/mol. The molecule has 1 aromatic carbocycles. The van der Waals surface area contributed by atoms with Gasteiger partial charge in [-0.2, -0.15) is 0 Å². The lowest BCUT2D eigenvalue weighted by atomic mass is 10.1. The van der Waals surface area contributed by atoms with Crippen LogP contribution in [0.25, 0.3) is 11.3 Å². The van der Waals surface area contributed by atoms with Crippen molar-refractivity contribution in [2.45, 2.75) is 6.92 Å². The molecule has 0 aliphatic carbocycles. The summed E-state index contributed by atoms with van der Waals surface area (Å²) in [7, 11) is 1.63. The van der Waals surface area contributed by atoms with E-state index in [9.17, 15) is 0 Å². The summed E-state index contributed by atoms with van der Waals surface area (Å²) in [5.41, 5.74) is 8.27. The van der Waals surface area contributed by atoms with Crippen LogP contribution in [-0.2, 0) is 0 Å². The van der Waals surface area contributed by atoms with E-state index in [1.807, 2.05) is 24.4 Å². The number of hydrogen-bond acceptors (Lipinski definition) is 4. The van der Waals surface area contributed by atoms with Crippen molar-refractivity contribution in [1.82, 2.24) is 4.98 Å². The summed E-state index contributed by atoms with van der Waals surface area (Å²) in [5.74, 6) is 0.787. The van der Waals surface area contributed by atoms with E-state index in [0.29, 0.717) is 10.2 Å². The number of rotatable bonds is 2. The Kier molecular flexibility index (Phi) is 3.03. The normalized spacial score (nSPS) is 10.4. The Morgan fingerprint density at radius 3 is 2.75 bits per heavy atom. The maximum Gasteiger partial charge on any atom is 0.180 e. The van der Waals surface area contributed by atoms with Crippen LogP contribution in [0.15, 0.2) is 17.5 Å². The third kappa shape index (κ3) is 1.99. The third-order valence-electron chi connectivity index (χ3n) is 2.24. The van der Waals surface area contributed by atoms with Gasteiger partial charge in [0.1, 0.15) is 5.75 Å². The van der Waals surface area contributed by atoms with E-state index in [1.165, 1.54) is 11.3 Å². The SMILES string of the molecule is COc1c(C)cc(Cl)cc1-c1csc(N)n1. The number of nitrogens with two attached hydrogens (primary N) is 1. The Hall–Kier alpha value is -1.26. The van der Waals surface area contributed by atoms with Crippen molar-refractivity contribution in [3.05, 3.63) is 28.1 Å². The van der Waals surface area contributed by atoms with Crippen LogP contribution in [0.2, 0.25) is 5.02 Å². The highest BCUT2D eigenvalue weighted by atomic mass is 35.5. The van der Waals surface area contributed by atoms with Crippen molar-refractivity contribution in [1.29, 1.82) is 0 Å². The van der Waals surface area contributed by atoms with Crippen LogP contribution in [0, 0.1) is 6.92 Å². The van der Waals surface area contributed by atoms with Crippen LogP contribution in [0.4, 0.5) is 5.13 Å². The number of benzene rings is 1. The summed E-state index contributed by atoms with van der Waals surface area (Å²) in [6, 6.07) is 3.70. The van der Waals surface area contributed by atoms with Gasteiger partial charge in [-0.05, 0) is 24.6 Å². The van der Waals surface area contributed by atoms with E-state index >= 15 is 0 Å². The Morgan fingerprint density at radius 2 is 2.19 bits per heavy atom. The molecule has 1 heterocycles. The molecule has 2 aromatic rings. The molecule has 3 nitrogen and oxygen atoms in total. The molecule has 1 aromatic heterocycles. The number of methoxy groups -OCH3 is 1. The smallest absolute Gasteiger partial charge is 0.180 e. The maximum absolute atomic E-state index is 6.02. The minimum absolute atomic E-state index is 0.537. The highest BCUT2D eigenvalue weighted by Crippen LogP contribution is 2.36. The van der Waals surface area contributed by atoms with Gasteiger partial charge in [0.25, 0.3) is 0 Å². The number of aryl methyl sites for hydroxylation is 1. The number of aromatic nitrogens is 1. The van der Waals surface area contributed by atoms with Crippen LogP contribution >= 0.6 is 22.9 Å². The van der Waals surface area contributed by atoms with Gasteiger partial charge in [-0.25, -0.2) is 4.98 Å². The maximum atomic E-state index is 6.02. The fourth-order valence-electron chi connectivity index (χ4n) is 1.60. The first-order valence-corrected chi connectivity index (χ1v) is 5.93. The molecule has 5 heteroatoms. The molecule has 0 aliphatic rings. The summed E-state index contributed by atoms with van der Waals surface area (Å²) in [4.78, 5) is 4.23. The van der Waals surface area contributed by atoms with E-state index in [0.717, 1.165) is 22.6 Å². The van der Waals surface area contributed by atoms with Gasteiger partial charge in [0.15, 0.2) is 5.13 Å². The fourth-order valence-corrected chi connectivity index (χ4v) is 2.44. The Balaban J connectivity index is 2.63. The number of nitrogen functional groups attached to an aromatic ring is 1. The second-order valence-corrected chi connectivity index (χ2v) is 4.70. The van der Waals surface area contributed by atoms with Crippen molar-refractivity contribution in [3.63, 3.8) is 0 Å². The number of thiazole rings is 1. The van der Waals surface area contributed by atoms with E-state index in [-0.39, 0.29) is 0 Å². The largest absolute Gasteiger partial charge is 0.496 e. The van der Waals surface area contributed by atoms with Crippen LogP contribution in [0.5, 0.6) is 5.75 Å². The van der Waals surface area contributed by atoms with Gasteiger partial charge in [-0.3, -0.25) is 0 Å². The van der Waals surface area contributed by atoms with E-state index < -0.39 is 0 Å². The van der Waals surface area contributed by atoms with Crippen molar-refractivity contribution < 1.29 is 4.74 Å². The Morgan fingerprint density at radius 1 is 1.44 bits per heavy atom. The fraction of sp³-hybridized carbons (Fsp3) is 0.182. The van der Waals surface area contributed by atoms with Gasteiger partial charge in [0.2, 0.25) is 0 Å². The minimum Gasteiger partial charge on any atom is -0.496 e. The van der Waals surface area contributed by atoms with Gasteiger partial charge in [0, 0.05) is 16.0 Å². The predicted octanol–water partition coefficient (Wildman–Crippen LogP) is 3.36. The number of ether oxygens (including phenoxy) is 1. The van der Waals surface area contributed by atoms with Crippen molar-refractivity contribution in [2.24, 2.45) is 0 Å². The van der Waals surface area contributed by atoms with Crippen LogP contribution in [0.3, 0.4) is 0 Å². The zero-order valence-electron chi connectivity index (χ0n) is 8.95. The molecule has 0 radical (unpaired) electrons. The molecule has 0 atom stereocenters. The predicted molar refractivity (Wildman–Crippen MR) is 68.3 cm³/mol. The van der Waals surface area contributed by atoms with Crippen molar-refractivity contribution in [3.8, 4) is 17.0 Å². The lowest BCUT2D eigenvalue weighted by Gasteiger charge is -2.10. The molecule has 2 N–H and O–H groups in total. The van der Waals surface area contributed by atoms with Gasteiger partial charge >= 0.3 is 0 Å². The minimum atomic E-state index is 0.537. The molecule has 0 unspecified atom stereocenters. The summed E-state index contributed by atoms with van der Waals surface area (Å²) in [6.07, 6.45) is 0. The zero-order chi connectivity index (χ0) is 11.7. The first-order valence-electron chi connectivity index (χ1n) is 4.67. The number of halogens is 1. The number of nitrogens with zero attached hydrogens (tertiary/aromatic N) is 1. The third-order valence-corrected chi connectivity index (χ3v) is 3.13. The van der Waals surface area contributed by atoms with E-state index in [2.05, 4.69) is 4.98 Å². The standard InChI is InChI=1S/C11H11ClN2OS/c1-6-3-7(12)4-8(10(6)15-2)9-5-16-11(13)14-9/h3-5H,1-2H3,(H2,13,14). The van der Waals surface area contributed by atoms with Gasteiger partial charge < -0.3 is 10.5 Å². The summed E-state index contributed by atoms with van der Waals surface area (Å²) in [5, 5.41) is 3.10. The summed E-state index contributed by atoms with van der Waals surface area (Å²) < 4.78 is 5.36. The van der Waals surface area contributed by atoms with E-state index in [1.54, 1.807) is 7.11 Å². The average Bonchev–Trinajstić information content (AvgIpc) is 2.63. The lowest BCUT2D eigenvalue weighted by molar-refractivity contribution is 0.413. The first kappa shape index (κ1) is 11.2.